The van der Waals surface area contributed by atoms with E-state index in [4.69, 9.17) is 17.0 Å². The Labute approximate surface area is 87.3 Å². The van der Waals surface area contributed by atoms with E-state index in [0.29, 0.717) is 10.8 Å². The third-order valence-corrected chi connectivity index (χ3v) is 1.94. The van der Waals surface area contributed by atoms with E-state index in [2.05, 4.69) is 10.6 Å². The van der Waals surface area contributed by atoms with Crippen molar-refractivity contribution in [1.82, 2.24) is 5.32 Å². The topological polar surface area (TPSA) is 33.3 Å². The molecule has 1 rings (SSSR count). The first-order valence-corrected chi connectivity index (χ1v) is 4.40. The molecule has 3 nitrogen and oxygen atoms in total. The van der Waals surface area contributed by atoms with Gasteiger partial charge in [0, 0.05) is 18.8 Å². The van der Waals surface area contributed by atoms with Crippen LogP contribution in [0.3, 0.4) is 0 Å². The van der Waals surface area contributed by atoms with Crippen LogP contribution >= 0.6 is 12.2 Å². The molecule has 0 bridgehead atoms. The van der Waals surface area contributed by atoms with Crippen molar-refractivity contribution in [3.05, 3.63) is 24.0 Å². The van der Waals surface area contributed by atoms with Crippen LogP contribution in [0.1, 0.15) is 0 Å². The van der Waals surface area contributed by atoms with Gasteiger partial charge in [0.15, 0.2) is 16.7 Å². The van der Waals surface area contributed by atoms with Crippen LogP contribution in [0.2, 0.25) is 0 Å². The molecule has 0 fully saturated rings. The Kier molecular flexibility index (Phi) is 3.64. The molecule has 0 saturated carbocycles. The Bertz CT molecular complexity index is 344. The molecule has 0 unspecified atom stereocenters. The molecule has 0 atom stereocenters. The highest BCUT2D eigenvalue weighted by atomic mass is 32.1. The van der Waals surface area contributed by atoms with Gasteiger partial charge in [-0.1, -0.05) is 0 Å². The minimum atomic E-state index is -0.395. The zero-order chi connectivity index (χ0) is 10.6. The summed E-state index contributed by atoms with van der Waals surface area (Å²) in [5.41, 5.74) is 0.683. The highest BCUT2D eigenvalue weighted by Gasteiger charge is 2.03. The molecule has 0 heterocycles. The smallest absolute Gasteiger partial charge is 0.170 e. The molecule has 1 aromatic carbocycles. The van der Waals surface area contributed by atoms with Crippen LogP contribution in [0, 0.1) is 5.82 Å². The summed E-state index contributed by atoms with van der Waals surface area (Å²) in [5.74, 6) is -0.206. The molecule has 1 aromatic rings. The molecule has 14 heavy (non-hydrogen) atoms. The Morgan fingerprint density at radius 3 is 2.79 bits per heavy atom. The number of methoxy groups -OCH3 is 1. The van der Waals surface area contributed by atoms with E-state index in [-0.39, 0.29) is 5.75 Å². The molecule has 0 aromatic heterocycles. The zero-order valence-electron chi connectivity index (χ0n) is 7.93. The normalized spacial score (nSPS) is 9.36. The minimum Gasteiger partial charge on any atom is -0.494 e. The maximum absolute atomic E-state index is 13.0. The van der Waals surface area contributed by atoms with Gasteiger partial charge < -0.3 is 15.4 Å². The average molecular weight is 214 g/mol. The summed E-state index contributed by atoms with van der Waals surface area (Å²) in [5, 5.41) is 6.09. The van der Waals surface area contributed by atoms with Crippen LogP contribution < -0.4 is 15.4 Å². The second-order valence-electron chi connectivity index (χ2n) is 2.55. The minimum absolute atomic E-state index is 0.189. The lowest BCUT2D eigenvalue weighted by atomic mass is 10.3. The largest absolute Gasteiger partial charge is 0.494 e. The molecule has 0 aliphatic rings. The number of anilines is 1. The van der Waals surface area contributed by atoms with E-state index in [9.17, 15) is 4.39 Å². The summed E-state index contributed by atoms with van der Waals surface area (Å²) in [7, 11) is 3.12. The van der Waals surface area contributed by atoms with Gasteiger partial charge in [-0.2, -0.15) is 0 Å². The van der Waals surface area contributed by atoms with Gasteiger partial charge in [-0.05, 0) is 24.4 Å². The third-order valence-electron chi connectivity index (χ3n) is 1.64. The molecule has 0 amide bonds. The molecule has 0 saturated heterocycles. The van der Waals surface area contributed by atoms with E-state index >= 15 is 0 Å². The second kappa shape index (κ2) is 4.76. The van der Waals surface area contributed by atoms with Crippen LogP contribution in [0.15, 0.2) is 18.2 Å². The third kappa shape index (κ3) is 2.56. The van der Waals surface area contributed by atoms with Crippen molar-refractivity contribution in [2.24, 2.45) is 0 Å². The lowest BCUT2D eigenvalue weighted by Gasteiger charge is -2.08. The van der Waals surface area contributed by atoms with Crippen LogP contribution in [-0.2, 0) is 0 Å². The number of rotatable bonds is 2. The quantitative estimate of drug-likeness (QED) is 0.735. The first-order chi connectivity index (χ1) is 6.67. The number of hydrogen-bond donors (Lipinski definition) is 2. The van der Waals surface area contributed by atoms with Crippen molar-refractivity contribution in [2.45, 2.75) is 0 Å². The molecule has 0 radical (unpaired) electrons. The van der Waals surface area contributed by atoms with E-state index in [1.807, 2.05) is 0 Å². The summed E-state index contributed by atoms with van der Waals surface area (Å²) in [6.07, 6.45) is 0. The lowest BCUT2D eigenvalue weighted by Crippen LogP contribution is -2.24. The van der Waals surface area contributed by atoms with Gasteiger partial charge in [-0.3, -0.25) is 0 Å². The molecular formula is C9H11FN2OS. The van der Waals surface area contributed by atoms with Gasteiger partial charge in [0.1, 0.15) is 0 Å². The standard InChI is InChI=1S/C9H11FN2OS/c1-11-9(14)12-6-3-4-7(10)8(5-6)13-2/h3-5H,1-2H3,(H2,11,12,14). The summed E-state index contributed by atoms with van der Waals surface area (Å²) >= 11 is 4.89. The number of benzene rings is 1. The maximum Gasteiger partial charge on any atom is 0.170 e. The Hall–Kier alpha value is -1.36. The summed E-state index contributed by atoms with van der Waals surface area (Å²) in [4.78, 5) is 0. The van der Waals surface area contributed by atoms with E-state index in [1.54, 1.807) is 19.2 Å². The van der Waals surface area contributed by atoms with Crippen LogP contribution in [0.4, 0.5) is 10.1 Å². The van der Waals surface area contributed by atoms with Gasteiger partial charge in [0.05, 0.1) is 7.11 Å². The number of halogens is 1. The Morgan fingerprint density at radius 2 is 2.21 bits per heavy atom. The zero-order valence-corrected chi connectivity index (χ0v) is 8.74. The summed E-state index contributed by atoms with van der Waals surface area (Å²) < 4.78 is 17.8. The van der Waals surface area contributed by atoms with Crippen LogP contribution in [-0.4, -0.2) is 19.3 Å². The fourth-order valence-corrected chi connectivity index (χ4v) is 1.05. The fourth-order valence-electron chi connectivity index (χ4n) is 0.931. The van der Waals surface area contributed by atoms with Gasteiger partial charge in [-0.15, -0.1) is 0 Å². The number of ether oxygens (including phenoxy) is 1. The van der Waals surface area contributed by atoms with Crippen molar-refractivity contribution in [1.29, 1.82) is 0 Å². The van der Waals surface area contributed by atoms with Gasteiger partial charge >= 0.3 is 0 Å². The van der Waals surface area contributed by atoms with Crippen molar-refractivity contribution in [3.8, 4) is 5.75 Å². The summed E-state index contributed by atoms with van der Waals surface area (Å²) in [6.45, 7) is 0. The van der Waals surface area contributed by atoms with E-state index in [0.717, 1.165) is 0 Å². The lowest BCUT2D eigenvalue weighted by molar-refractivity contribution is 0.387. The molecule has 76 valence electrons. The Balaban J connectivity index is 2.84. The molecular weight excluding hydrogens is 203 g/mol. The van der Waals surface area contributed by atoms with E-state index in [1.165, 1.54) is 13.2 Å². The SMILES string of the molecule is CNC(=S)Nc1ccc(F)c(OC)c1. The van der Waals surface area contributed by atoms with Gasteiger partial charge in [-0.25, -0.2) is 4.39 Å². The van der Waals surface area contributed by atoms with Crippen LogP contribution in [0.25, 0.3) is 0 Å². The molecule has 0 spiro atoms. The van der Waals surface area contributed by atoms with Crippen molar-refractivity contribution >= 4 is 23.0 Å². The van der Waals surface area contributed by atoms with Crippen molar-refractivity contribution in [2.75, 3.05) is 19.5 Å². The second-order valence-corrected chi connectivity index (χ2v) is 2.96. The highest BCUT2D eigenvalue weighted by Crippen LogP contribution is 2.21. The predicted octanol–water partition coefficient (Wildman–Crippen LogP) is 1.75. The Morgan fingerprint density at radius 1 is 1.50 bits per heavy atom. The number of hydrogen-bond acceptors (Lipinski definition) is 2. The van der Waals surface area contributed by atoms with Gasteiger partial charge in [0.2, 0.25) is 0 Å². The number of nitrogens with one attached hydrogen (secondary N) is 2. The van der Waals surface area contributed by atoms with Crippen LogP contribution in [0.5, 0.6) is 5.75 Å². The van der Waals surface area contributed by atoms with Crippen molar-refractivity contribution < 1.29 is 9.13 Å². The first-order valence-electron chi connectivity index (χ1n) is 3.99. The predicted molar refractivity (Wildman–Crippen MR) is 58.2 cm³/mol. The monoisotopic (exact) mass is 214 g/mol. The fraction of sp³-hybridized carbons (Fsp3) is 0.222. The van der Waals surface area contributed by atoms with Crippen molar-refractivity contribution in [3.63, 3.8) is 0 Å². The molecule has 0 aliphatic carbocycles. The summed E-state index contributed by atoms with van der Waals surface area (Å²) in [6, 6.07) is 4.44. The highest BCUT2D eigenvalue weighted by molar-refractivity contribution is 7.80. The first kappa shape index (κ1) is 10.7. The molecule has 5 heteroatoms. The van der Waals surface area contributed by atoms with E-state index < -0.39 is 5.82 Å². The average Bonchev–Trinajstić information content (AvgIpc) is 2.20. The maximum atomic E-state index is 13.0. The molecule has 2 N–H and O–H groups in total. The molecule has 0 aliphatic heterocycles. The van der Waals surface area contributed by atoms with Gasteiger partial charge in [0.25, 0.3) is 0 Å². The number of thiocarbonyl (C=S) groups is 1.